The predicted molar refractivity (Wildman–Crippen MR) is 107 cm³/mol. The second-order valence-electron chi connectivity index (χ2n) is 6.78. The number of nitrogens with one attached hydrogen (secondary N) is 1. The van der Waals surface area contributed by atoms with Gasteiger partial charge < -0.3 is 10.1 Å². The molecule has 0 radical (unpaired) electrons. The van der Waals surface area contributed by atoms with Gasteiger partial charge in [0.05, 0.1) is 19.2 Å². The average molecular weight is 379 g/mol. The van der Waals surface area contributed by atoms with Gasteiger partial charge in [-0.2, -0.15) is 5.10 Å². The quantitative estimate of drug-likeness (QED) is 0.712. The summed E-state index contributed by atoms with van der Waals surface area (Å²) in [5, 5.41) is 7.51. The van der Waals surface area contributed by atoms with Crippen LogP contribution in [0.25, 0.3) is 5.95 Å². The Morgan fingerprint density at radius 3 is 2.46 bits per heavy atom. The zero-order valence-electron chi connectivity index (χ0n) is 16.9. The molecule has 2 heterocycles. The highest BCUT2D eigenvalue weighted by atomic mass is 16.5. The minimum Gasteiger partial charge on any atom is -0.496 e. The van der Waals surface area contributed by atoms with Crippen molar-refractivity contribution in [1.29, 1.82) is 0 Å². The van der Waals surface area contributed by atoms with Gasteiger partial charge in [0.25, 0.3) is 5.95 Å². The lowest BCUT2D eigenvalue weighted by molar-refractivity contribution is -0.120. The van der Waals surface area contributed by atoms with Gasteiger partial charge >= 0.3 is 0 Å². The van der Waals surface area contributed by atoms with E-state index in [0.717, 1.165) is 39.7 Å². The van der Waals surface area contributed by atoms with Crippen molar-refractivity contribution in [1.82, 2.24) is 25.1 Å². The first-order valence-corrected chi connectivity index (χ1v) is 9.15. The van der Waals surface area contributed by atoms with Crippen molar-refractivity contribution in [3.05, 3.63) is 64.2 Å². The zero-order valence-corrected chi connectivity index (χ0v) is 16.9. The minimum atomic E-state index is -0.0713. The van der Waals surface area contributed by atoms with Crippen LogP contribution in [0.1, 0.15) is 33.9 Å². The molecule has 28 heavy (non-hydrogen) atoms. The maximum absolute atomic E-state index is 12.5. The first-order chi connectivity index (χ1) is 13.4. The molecule has 2 aromatic heterocycles. The van der Waals surface area contributed by atoms with E-state index in [2.05, 4.69) is 20.4 Å². The summed E-state index contributed by atoms with van der Waals surface area (Å²) in [6.07, 6.45) is 0.248. The Bertz CT molecular complexity index is 990. The Labute approximate surface area is 164 Å². The van der Waals surface area contributed by atoms with Gasteiger partial charge in [-0.15, -0.1) is 0 Å². The summed E-state index contributed by atoms with van der Waals surface area (Å²) in [5.41, 5.74) is 5.26. The molecule has 3 rings (SSSR count). The van der Waals surface area contributed by atoms with Crippen molar-refractivity contribution < 1.29 is 9.53 Å². The third kappa shape index (κ3) is 4.19. The van der Waals surface area contributed by atoms with Gasteiger partial charge in [0.15, 0.2) is 0 Å². The number of amides is 1. The molecule has 0 bridgehead atoms. The molecule has 0 spiro atoms. The van der Waals surface area contributed by atoms with Crippen LogP contribution in [-0.2, 0) is 17.8 Å². The molecule has 0 fully saturated rings. The van der Waals surface area contributed by atoms with Crippen LogP contribution in [0.2, 0.25) is 0 Å². The summed E-state index contributed by atoms with van der Waals surface area (Å²) in [5.74, 6) is 1.21. The fourth-order valence-electron chi connectivity index (χ4n) is 3.19. The molecule has 7 heteroatoms. The van der Waals surface area contributed by atoms with E-state index in [4.69, 9.17) is 4.74 Å². The SMILES string of the molecule is COc1ccccc1CNC(=O)Cc1c(C)nn(-c2nc(C)cc(C)n2)c1C. The summed E-state index contributed by atoms with van der Waals surface area (Å²) < 4.78 is 7.03. The van der Waals surface area contributed by atoms with Crippen LogP contribution in [0.15, 0.2) is 30.3 Å². The summed E-state index contributed by atoms with van der Waals surface area (Å²) in [4.78, 5) is 21.5. The molecule has 7 nitrogen and oxygen atoms in total. The number of aromatic nitrogens is 4. The van der Waals surface area contributed by atoms with Crippen LogP contribution >= 0.6 is 0 Å². The summed E-state index contributed by atoms with van der Waals surface area (Å²) in [6, 6.07) is 9.56. The molecule has 0 saturated carbocycles. The molecule has 0 aliphatic heterocycles. The molecular formula is C21H25N5O2. The lowest BCUT2D eigenvalue weighted by Crippen LogP contribution is -2.25. The van der Waals surface area contributed by atoms with Gasteiger partial charge in [-0.25, -0.2) is 14.6 Å². The van der Waals surface area contributed by atoms with E-state index in [-0.39, 0.29) is 12.3 Å². The van der Waals surface area contributed by atoms with Crippen molar-refractivity contribution in [2.45, 2.75) is 40.7 Å². The molecule has 0 aliphatic carbocycles. The van der Waals surface area contributed by atoms with E-state index in [1.807, 2.05) is 58.0 Å². The first kappa shape index (κ1) is 19.5. The van der Waals surface area contributed by atoms with E-state index >= 15 is 0 Å². The Morgan fingerprint density at radius 1 is 1.11 bits per heavy atom. The van der Waals surface area contributed by atoms with Crippen molar-refractivity contribution in [2.75, 3.05) is 7.11 Å². The number of para-hydroxylation sites is 1. The molecule has 0 atom stereocenters. The van der Waals surface area contributed by atoms with Crippen molar-refractivity contribution in [2.24, 2.45) is 0 Å². The topological polar surface area (TPSA) is 81.9 Å². The molecule has 0 aliphatic rings. The standard InChI is InChI=1S/C21H25N5O2/c1-13-10-14(2)24-21(23-13)26-16(4)18(15(3)25-26)11-20(27)22-12-17-8-6-7-9-19(17)28-5/h6-10H,11-12H2,1-5H3,(H,22,27). The highest BCUT2D eigenvalue weighted by molar-refractivity contribution is 5.79. The third-order valence-electron chi connectivity index (χ3n) is 4.61. The van der Waals surface area contributed by atoms with Gasteiger partial charge in [0, 0.05) is 34.8 Å². The molecule has 0 unspecified atom stereocenters. The lowest BCUT2D eigenvalue weighted by atomic mass is 10.1. The minimum absolute atomic E-state index is 0.0713. The van der Waals surface area contributed by atoms with Crippen molar-refractivity contribution in [3.8, 4) is 11.7 Å². The molecule has 0 saturated heterocycles. The number of hydrogen-bond acceptors (Lipinski definition) is 5. The van der Waals surface area contributed by atoms with E-state index in [1.165, 1.54) is 0 Å². The Hall–Kier alpha value is -3.22. The number of nitrogens with zero attached hydrogens (tertiary/aromatic N) is 4. The van der Waals surface area contributed by atoms with Crippen molar-refractivity contribution >= 4 is 5.91 Å². The van der Waals surface area contributed by atoms with E-state index in [1.54, 1.807) is 11.8 Å². The number of rotatable bonds is 6. The van der Waals surface area contributed by atoms with Crippen LogP contribution < -0.4 is 10.1 Å². The Balaban J connectivity index is 1.75. The van der Waals surface area contributed by atoms with Gasteiger partial charge in [-0.1, -0.05) is 18.2 Å². The number of carbonyl (C=O) groups is 1. The van der Waals surface area contributed by atoms with Crippen LogP contribution in [0.3, 0.4) is 0 Å². The van der Waals surface area contributed by atoms with Crippen LogP contribution in [-0.4, -0.2) is 32.8 Å². The van der Waals surface area contributed by atoms with E-state index in [0.29, 0.717) is 12.5 Å². The maximum atomic E-state index is 12.5. The molecule has 1 N–H and O–H groups in total. The number of benzene rings is 1. The van der Waals surface area contributed by atoms with Gasteiger partial charge in [0.1, 0.15) is 5.75 Å². The zero-order chi connectivity index (χ0) is 20.3. The molecule has 1 aromatic carbocycles. The maximum Gasteiger partial charge on any atom is 0.251 e. The monoisotopic (exact) mass is 379 g/mol. The largest absolute Gasteiger partial charge is 0.496 e. The Morgan fingerprint density at radius 2 is 1.79 bits per heavy atom. The van der Waals surface area contributed by atoms with Gasteiger partial charge in [-0.05, 0) is 39.8 Å². The van der Waals surface area contributed by atoms with E-state index < -0.39 is 0 Å². The number of ether oxygens (including phenoxy) is 1. The highest BCUT2D eigenvalue weighted by Crippen LogP contribution is 2.19. The van der Waals surface area contributed by atoms with Crippen LogP contribution in [0.5, 0.6) is 5.75 Å². The van der Waals surface area contributed by atoms with E-state index in [9.17, 15) is 4.79 Å². The lowest BCUT2D eigenvalue weighted by Gasteiger charge is -2.10. The second-order valence-corrected chi connectivity index (χ2v) is 6.78. The smallest absolute Gasteiger partial charge is 0.251 e. The molecule has 3 aromatic rings. The fourth-order valence-corrected chi connectivity index (χ4v) is 3.19. The Kier molecular flexibility index (Phi) is 5.73. The highest BCUT2D eigenvalue weighted by Gasteiger charge is 2.17. The average Bonchev–Trinajstić information content (AvgIpc) is 2.94. The first-order valence-electron chi connectivity index (χ1n) is 9.15. The van der Waals surface area contributed by atoms with Gasteiger partial charge in [-0.3, -0.25) is 4.79 Å². The number of hydrogen-bond donors (Lipinski definition) is 1. The number of carbonyl (C=O) groups excluding carboxylic acids is 1. The summed E-state index contributed by atoms with van der Waals surface area (Å²) in [7, 11) is 1.62. The number of aryl methyl sites for hydroxylation is 3. The second kappa shape index (κ2) is 8.21. The van der Waals surface area contributed by atoms with Crippen molar-refractivity contribution in [3.63, 3.8) is 0 Å². The van der Waals surface area contributed by atoms with Crippen LogP contribution in [0, 0.1) is 27.7 Å². The van der Waals surface area contributed by atoms with Gasteiger partial charge in [0.2, 0.25) is 5.91 Å². The normalized spacial score (nSPS) is 10.8. The molecule has 146 valence electrons. The summed E-state index contributed by atoms with van der Waals surface area (Å²) >= 11 is 0. The predicted octanol–water partition coefficient (Wildman–Crippen LogP) is 2.76. The molecule has 1 amide bonds. The number of methoxy groups -OCH3 is 1. The summed E-state index contributed by atoms with van der Waals surface area (Å²) in [6.45, 7) is 8.10. The fraction of sp³-hybridized carbons (Fsp3) is 0.333. The molecular weight excluding hydrogens is 354 g/mol. The third-order valence-corrected chi connectivity index (χ3v) is 4.61. The van der Waals surface area contributed by atoms with Crippen LogP contribution in [0.4, 0.5) is 0 Å².